The highest BCUT2D eigenvalue weighted by molar-refractivity contribution is 9.10. The number of rotatable bonds is 3. The fourth-order valence-electron chi connectivity index (χ4n) is 1.28. The van der Waals surface area contributed by atoms with Gasteiger partial charge in [-0.1, -0.05) is 38.9 Å². The number of halogens is 2. The van der Waals surface area contributed by atoms with Crippen LogP contribution in [0.25, 0.3) is 0 Å². The SMILES string of the molecule is NC(=O)c1cnc(NC(=O)c2cc(Br)ccc2Cl)s1. The van der Waals surface area contributed by atoms with Gasteiger partial charge >= 0.3 is 0 Å². The fourth-order valence-corrected chi connectivity index (χ4v) is 2.51. The highest BCUT2D eigenvalue weighted by Crippen LogP contribution is 2.23. The first-order valence-corrected chi connectivity index (χ1v) is 6.98. The van der Waals surface area contributed by atoms with Gasteiger partial charge in [0.25, 0.3) is 11.8 Å². The summed E-state index contributed by atoms with van der Waals surface area (Å²) in [6.45, 7) is 0. The number of nitrogens with one attached hydrogen (secondary N) is 1. The summed E-state index contributed by atoms with van der Waals surface area (Å²) < 4.78 is 0.735. The number of aromatic nitrogens is 1. The van der Waals surface area contributed by atoms with Crippen LogP contribution in [0.15, 0.2) is 28.9 Å². The lowest BCUT2D eigenvalue weighted by atomic mass is 10.2. The lowest BCUT2D eigenvalue weighted by Gasteiger charge is -2.04. The first-order valence-electron chi connectivity index (χ1n) is 4.99. The number of hydrogen-bond acceptors (Lipinski definition) is 4. The van der Waals surface area contributed by atoms with Crippen LogP contribution in [0.1, 0.15) is 20.0 Å². The van der Waals surface area contributed by atoms with Crippen LogP contribution in [0.4, 0.5) is 5.13 Å². The Morgan fingerprint density at radius 3 is 2.79 bits per heavy atom. The van der Waals surface area contributed by atoms with E-state index in [-0.39, 0.29) is 10.0 Å². The van der Waals surface area contributed by atoms with E-state index in [1.54, 1.807) is 18.2 Å². The molecule has 0 bridgehead atoms. The van der Waals surface area contributed by atoms with E-state index in [9.17, 15) is 9.59 Å². The van der Waals surface area contributed by atoms with Gasteiger partial charge in [-0.3, -0.25) is 14.9 Å². The molecule has 2 amide bonds. The van der Waals surface area contributed by atoms with Crippen molar-refractivity contribution in [3.05, 3.63) is 44.3 Å². The van der Waals surface area contributed by atoms with Crippen molar-refractivity contribution in [3.8, 4) is 0 Å². The zero-order valence-electron chi connectivity index (χ0n) is 9.31. The van der Waals surface area contributed by atoms with Crippen LogP contribution in [0.3, 0.4) is 0 Å². The largest absolute Gasteiger partial charge is 0.365 e. The summed E-state index contributed by atoms with van der Waals surface area (Å²) in [7, 11) is 0. The number of carbonyl (C=O) groups is 2. The van der Waals surface area contributed by atoms with Crippen molar-refractivity contribution >= 4 is 55.8 Å². The third kappa shape index (κ3) is 3.31. The molecule has 8 heteroatoms. The molecule has 0 saturated carbocycles. The van der Waals surface area contributed by atoms with E-state index in [1.807, 2.05) is 0 Å². The van der Waals surface area contributed by atoms with Gasteiger partial charge < -0.3 is 5.73 Å². The van der Waals surface area contributed by atoms with Gasteiger partial charge in [-0.15, -0.1) is 0 Å². The number of nitrogens with zero attached hydrogens (tertiary/aromatic N) is 1. The lowest BCUT2D eigenvalue weighted by molar-refractivity contribution is 0.100. The van der Waals surface area contributed by atoms with E-state index in [0.717, 1.165) is 15.8 Å². The number of nitrogens with two attached hydrogens (primary N) is 1. The van der Waals surface area contributed by atoms with Gasteiger partial charge in [0, 0.05) is 4.47 Å². The van der Waals surface area contributed by atoms with Gasteiger partial charge in [0.2, 0.25) is 0 Å². The van der Waals surface area contributed by atoms with E-state index < -0.39 is 11.8 Å². The Hall–Kier alpha value is -1.44. The van der Waals surface area contributed by atoms with Crippen LogP contribution in [0.5, 0.6) is 0 Å². The minimum atomic E-state index is -0.585. The minimum Gasteiger partial charge on any atom is -0.365 e. The maximum Gasteiger partial charge on any atom is 0.260 e. The Kier molecular flexibility index (Phi) is 4.18. The second kappa shape index (κ2) is 5.68. The molecule has 0 spiro atoms. The van der Waals surface area contributed by atoms with Gasteiger partial charge in [0.1, 0.15) is 4.88 Å². The summed E-state index contributed by atoms with van der Waals surface area (Å²) in [6, 6.07) is 4.94. The summed E-state index contributed by atoms with van der Waals surface area (Å²) in [5, 5.41) is 3.17. The molecule has 0 unspecified atom stereocenters. The Morgan fingerprint density at radius 1 is 1.42 bits per heavy atom. The number of carbonyl (C=O) groups excluding carboxylic acids is 2. The molecule has 0 radical (unpaired) electrons. The van der Waals surface area contributed by atoms with E-state index in [1.165, 1.54) is 6.20 Å². The van der Waals surface area contributed by atoms with E-state index in [2.05, 4.69) is 26.2 Å². The molecule has 1 aromatic heterocycles. The molecule has 0 aliphatic carbocycles. The van der Waals surface area contributed by atoms with Gasteiger partial charge in [-0.2, -0.15) is 0 Å². The average Bonchev–Trinajstić information content (AvgIpc) is 2.80. The topological polar surface area (TPSA) is 85.1 Å². The number of anilines is 1. The van der Waals surface area contributed by atoms with Crippen molar-refractivity contribution in [2.24, 2.45) is 5.73 Å². The molecule has 2 rings (SSSR count). The van der Waals surface area contributed by atoms with E-state index >= 15 is 0 Å². The van der Waals surface area contributed by atoms with Crippen molar-refractivity contribution in [2.45, 2.75) is 0 Å². The molecule has 0 fully saturated rings. The predicted molar refractivity (Wildman–Crippen MR) is 77.7 cm³/mol. The normalized spacial score (nSPS) is 10.2. The van der Waals surface area contributed by atoms with Crippen LogP contribution in [-0.2, 0) is 0 Å². The fraction of sp³-hybridized carbons (Fsp3) is 0. The molecule has 3 N–H and O–H groups in total. The zero-order valence-corrected chi connectivity index (χ0v) is 12.5. The van der Waals surface area contributed by atoms with Crippen LogP contribution >= 0.6 is 38.9 Å². The summed E-state index contributed by atoms with van der Waals surface area (Å²) in [5.41, 5.74) is 5.42. The Balaban J connectivity index is 2.20. The van der Waals surface area contributed by atoms with Gasteiger partial charge in [-0.25, -0.2) is 4.98 Å². The maximum absolute atomic E-state index is 12.0. The molecule has 2 aromatic rings. The van der Waals surface area contributed by atoms with Crippen LogP contribution < -0.4 is 11.1 Å². The molecule has 5 nitrogen and oxygen atoms in total. The Labute approximate surface area is 125 Å². The number of thiazole rings is 1. The second-order valence-electron chi connectivity index (χ2n) is 3.47. The standard InChI is InChI=1S/C11H7BrClN3O2S/c12-5-1-2-7(13)6(3-5)10(18)16-11-15-4-8(19-11)9(14)17/h1-4H,(H2,14,17)(H,15,16,18). The van der Waals surface area contributed by atoms with Crippen molar-refractivity contribution in [1.82, 2.24) is 4.98 Å². The third-order valence-electron chi connectivity index (χ3n) is 2.14. The number of primary amides is 1. The minimum absolute atomic E-state index is 0.274. The molecular formula is C11H7BrClN3O2S. The van der Waals surface area contributed by atoms with Crippen molar-refractivity contribution < 1.29 is 9.59 Å². The first-order chi connectivity index (χ1) is 8.97. The third-order valence-corrected chi connectivity index (χ3v) is 3.89. The number of amides is 2. The van der Waals surface area contributed by atoms with Crippen molar-refractivity contribution in [3.63, 3.8) is 0 Å². The van der Waals surface area contributed by atoms with Crippen LogP contribution in [0.2, 0.25) is 5.02 Å². The highest BCUT2D eigenvalue weighted by Gasteiger charge is 2.14. The Bertz CT molecular complexity index is 659. The molecular weight excluding hydrogens is 354 g/mol. The molecule has 1 aromatic carbocycles. The second-order valence-corrected chi connectivity index (χ2v) is 5.83. The van der Waals surface area contributed by atoms with Crippen molar-refractivity contribution in [1.29, 1.82) is 0 Å². The molecule has 0 saturated heterocycles. The van der Waals surface area contributed by atoms with Crippen LogP contribution in [0, 0.1) is 0 Å². The average molecular weight is 361 g/mol. The van der Waals surface area contributed by atoms with E-state index in [0.29, 0.717) is 10.6 Å². The quantitative estimate of drug-likeness (QED) is 0.882. The zero-order chi connectivity index (χ0) is 14.0. The van der Waals surface area contributed by atoms with Crippen LogP contribution in [-0.4, -0.2) is 16.8 Å². The summed E-state index contributed by atoms with van der Waals surface area (Å²) in [4.78, 5) is 27.1. The van der Waals surface area contributed by atoms with Gasteiger partial charge in [0.05, 0.1) is 16.8 Å². The maximum atomic E-state index is 12.0. The molecule has 0 aliphatic rings. The smallest absolute Gasteiger partial charge is 0.260 e. The monoisotopic (exact) mass is 359 g/mol. The van der Waals surface area contributed by atoms with Gasteiger partial charge in [0.15, 0.2) is 5.13 Å². The Morgan fingerprint density at radius 2 is 2.16 bits per heavy atom. The molecule has 1 heterocycles. The molecule has 19 heavy (non-hydrogen) atoms. The number of hydrogen-bond donors (Lipinski definition) is 2. The highest BCUT2D eigenvalue weighted by atomic mass is 79.9. The summed E-state index contributed by atoms with van der Waals surface area (Å²) in [5.74, 6) is -0.991. The van der Waals surface area contributed by atoms with E-state index in [4.69, 9.17) is 17.3 Å². The van der Waals surface area contributed by atoms with Gasteiger partial charge in [-0.05, 0) is 18.2 Å². The molecule has 0 aliphatic heterocycles. The lowest BCUT2D eigenvalue weighted by Crippen LogP contribution is -2.12. The molecule has 0 atom stereocenters. The number of benzene rings is 1. The summed E-state index contributed by atoms with van der Waals surface area (Å²) in [6.07, 6.45) is 1.31. The summed E-state index contributed by atoms with van der Waals surface area (Å²) >= 11 is 10.2. The first kappa shape index (κ1) is 14.0. The predicted octanol–water partition coefficient (Wildman–Crippen LogP) is 2.91. The molecule has 98 valence electrons. The van der Waals surface area contributed by atoms with Crippen molar-refractivity contribution in [2.75, 3.05) is 5.32 Å².